The molecule has 2 aliphatic heterocycles. The summed E-state index contributed by atoms with van der Waals surface area (Å²) in [6.45, 7) is 8.76. The summed E-state index contributed by atoms with van der Waals surface area (Å²) in [4.78, 5) is 24.6. The van der Waals surface area contributed by atoms with Crippen LogP contribution in [0.2, 0.25) is 0 Å². The van der Waals surface area contributed by atoms with Crippen molar-refractivity contribution in [2.45, 2.75) is 52.9 Å². The average molecular weight is 487 g/mol. The van der Waals surface area contributed by atoms with Crippen LogP contribution in [0.15, 0.2) is 24.3 Å². The van der Waals surface area contributed by atoms with Crippen molar-refractivity contribution in [2.75, 3.05) is 52.2 Å². The van der Waals surface area contributed by atoms with E-state index in [1.165, 1.54) is 24.8 Å². The van der Waals surface area contributed by atoms with Crippen molar-refractivity contribution in [1.29, 1.82) is 0 Å². The highest BCUT2D eigenvalue weighted by Crippen LogP contribution is 2.32. The summed E-state index contributed by atoms with van der Waals surface area (Å²) in [5.74, 6) is 2.12. The van der Waals surface area contributed by atoms with Gasteiger partial charge in [0.05, 0.1) is 17.9 Å². The van der Waals surface area contributed by atoms with Crippen LogP contribution >= 0.6 is 11.9 Å². The zero-order valence-electron chi connectivity index (χ0n) is 20.6. The first-order valence-corrected chi connectivity index (χ1v) is 13.4. The van der Waals surface area contributed by atoms with Crippen LogP contribution in [0.1, 0.15) is 62.0 Å². The highest BCUT2D eigenvalue weighted by molar-refractivity contribution is 8.00. The van der Waals surface area contributed by atoms with Crippen LogP contribution in [0.3, 0.4) is 0 Å². The predicted octanol–water partition coefficient (Wildman–Crippen LogP) is 4.93. The van der Waals surface area contributed by atoms with Gasteiger partial charge in [-0.15, -0.1) is 0 Å². The lowest BCUT2D eigenvalue weighted by Gasteiger charge is -2.35. The van der Waals surface area contributed by atoms with Gasteiger partial charge in [-0.2, -0.15) is 4.98 Å². The lowest BCUT2D eigenvalue weighted by molar-refractivity contribution is 0.102. The maximum atomic E-state index is 13.3. The minimum Gasteiger partial charge on any atom is -0.395 e. The molecule has 0 aliphatic carbocycles. The second kappa shape index (κ2) is 13.4. The Morgan fingerprint density at radius 1 is 1.18 bits per heavy atom. The van der Waals surface area contributed by atoms with E-state index in [-0.39, 0.29) is 12.5 Å². The molecule has 4 N–H and O–H groups in total. The first kappa shape index (κ1) is 26.1. The summed E-state index contributed by atoms with van der Waals surface area (Å²) in [6.07, 6.45) is 5.78. The SMILES string of the molecule is CC.Cc1cc2nc(n1)NCCCCC1CCCN(C1)c1cc(NSCCO)ccc1C(=O)N2. The van der Waals surface area contributed by atoms with E-state index in [1.54, 1.807) is 6.07 Å². The minimum atomic E-state index is -0.171. The van der Waals surface area contributed by atoms with Crippen LogP contribution < -0.4 is 20.3 Å². The molecule has 0 saturated carbocycles. The fourth-order valence-corrected chi connectivity index (χ4v) is 4.89. The Balaban J connectivity index is 0.00000158. The van der Waals surface area contributed by atoms with Gasteiger partial charge in [-0.3, -0.25) is 4.79 Å². The van der Waals surface area contributed by atoms with E-state index in [4.69, 9.17) is 5.11 Å². The van der Waals surface area contributed by atoms with Crippen molar-refractivity contribution in [1.82, 2.24) is 9.97 Å². The fourth-order valence-electron chi connectivity index (χ4n) is 4.40. The molecule has 34 heavy (non-hydrogen) atoms. The molecule has 2 aromatic rings. The molecule has 2 aliphatic rings. The summed E-state index contributed by atoms with van der Waals surface area (Å²) < 4.78 is 3.28. The minimum absolute atomic E-state index is 0.119. The van der Waals surface area contributed by atoms with E-state index < -0.39 is 0 Å². The van der Waals surface area contributed by atoms with Crippen molar-refractivity contribution in [3.05, 3.63) is 35.5 Å². The van der Waals surface area contributed by atoms with E-state index in [2.05, 4.69) is 36.3 Å². The van der Waals surface area contributed by atoms with Gasteiger partial charge < -0.3 is 25.4 Å². The summed E-state index contributed by atoms with van der Waals surface area (Å²) in [6, 6.07) is 7.63. The topological polar surface area (TPSA) is 102 Å². The average Bonchev–Trinajstić information content (AvgIpc) is 2.84. The van der Waals surface area contributed by atoms with Crippen molar-refractivity contribution in [2.24, 2.45) is 5.92 Å². The number of rotatable bonds is 4. The molecule has 1 fully saturated rings. The van der Waals surface area contributed by atoms with E-state index in [0.717, 1.165) is 56.0 Å². The molecule has 3 heterocycles. The first-order valence-electron chi connectivity index (χ1n) is 12.4. The molecule has 1 amide bonds. The Kier molecular flexibility index (Phi) is 10.3. The van der Waals surface area contributed by atoms with Crippen molar-refractivity contribution in [3.63, 3.8) is 0 Å². The Morgan fingerprint density at radius 2 is 2.00 bits per heavy atom. The summed E-state index contributed by atoms with van der Waals surface area (Å²) in [5, 5.41) is 15.3. The molecule has 1 saturated heterocycles. The predicted molar refractivity (Wildman–Crippen MR) is 143 cm³/mol. The quantitative estimate of drug-likeness (QED) is 0.356. The normalized spacial score (nSPS) is 18.2. The second-order valence-corrected chi connectivity index (χ2v) is 9.36. The molecule has 1 atom stereocenters. The number of aliphatic hydroxyl groups is 1. The van der Waals surface area contributed by atoms with Gasteiger partial charge >= 0.3 is 0 Å². The van der Waals surface area contributed by atoms with Crippen LogP contribution in [-0.2, 0) is 0 Å². The third-order valence-corrected chi connectivity index (χ3v) is 6.67. The molecule has 4 rings (SSSR count). The number of benzene rings is 1. The number of nitrogens with one attached hydrogen (secondary N) is 3. The van der Waals surface area contributed by atoms with E-state index >= 15 is 0 Å². The fraction of sp³-hybridized carbons (Fsp3) is 0.560. The Hall–Kier alpha value is -2.52. The molecule has 9 heteroatoms. The largest absolute Gasteiger partial charge is 0.395 e. The van der Waals surface area contributed by atoms with Gasteiger partial charge in [0, 0.05) is 42.8 Å². The molecule has 0 radical (unpaired) electrons. The number of carbonyl (C=O) groups is 1. The van der Waals surface area contributed by atoms with E-state index in [1.807, 2.05) is 32.9 Å². The van der Waals surface area contributed by atoms with Gasteiger partial charge in [-0.1, -0.05) is 32.2 Å². The van der Waals surface area contributed by atoms with Crippen LogP contribution in [0.5, 0.6) is 0 Å². The van der Waals surface area contributed by atoms with Gasteiger partial charge in [0.15, 0.2) is 0 Å². The van der Waals surface area contributed by atoms with Gasteiger partial charge in [0.1, 0.15) is 5.82 Å². The molecular weight excluding hydrogens is 448 g/mol. The third kappa shape index (κ3) is 7.24. The van der Waals surface area contributed by atoms with Crippen molar-refractivity contribution in [3.8, 4) is 0 Å². The van der Waals surface area contributed by atoms with Crippen molar-refractivity contribution >= 4 is 41.0 Å². The maximum Gasteiger partial charge on any atom is 0.258 e. The Labute approximate surface area is 207 Å². The molecule has 8 nitrogen and oxygen atoms in total. The number of aromatic nitrogens is 2. The number of amides is 1. The number of carbonyl (C=O) groups excluding carboxylic acids is 1. The highest BCUT2D eigenvalue weighted by Gasteiger charge is 2.24. The maximum absolute atomic E-state index is 13.3. The summed E-state index contributed by atoms with van der Waals surface area (Å²) >= 11 is 1.46. The number of anilines is 4. The smallest absolute Gasteiger partial charge is 0.258 e. The number of hydrogen-bond acceptors (Lipinski definition) is 8. The highest BCUT2D eigenvalue weighted by atomic mass is 32.2. The van der Waals surface area contributed by atoms with E-state index in [0.29, 0.717) is 29.0 Å². The molecule has 0 spiro atoms. The van der Waals surface area contributed by atoms with Gasteiger partial charge in [0.25, 0.3) is 5.91 Å². The van der Waals surface area contributed by atoms with Gasteiger partial charge in [-0.05, 0) is 56.7 Å². The second-order valence-electron chi connectivity index (χ2n) is 8.46. The third-order valence-electron chi connectivity index (χ3n) is 5.90. The number of piperidine rings is 1. The summed E-state index contributed by atoms with van der Waals surface area (Å²) in [5.41, 5.74) is 3.33. The zero-order valence-corrected chi connectivity index (χ0v) is 21.4. The Morgan fingerprint density at radius 3 is 2.82 bits per heavy atom. The van der Waals surface area contributed by atoms with Crippen LogP contribution in [0.25, 0.3) is 0 Å². The Bertz CT molecular complexity index is 942. The van der Waals surface area contributed by atoms with Gasteiger partial charge in [-0.25, -0.2) is 4.98 Å². The van der Waals surface area contributed by atoms with Crippen LogP contribution in [0.4, 0.5) is 23.1 Å². The first-order chi connectivity index (χ1) is 16.6. The lowest BCUT2D eigenvalue weighted by atomic mass is 9.92. The summed E-state index contributed by atoms with van der Waals surface area (Å²) in [7, 11) is 0. The monoisotopic (exact) mass is 486 g/mol. The number of aliphatic hydroxyl groups excluding tert-OH is 1. The van der Waals surface area contributed by atoms with Crippen LogP contribution in [-0.4, -0.2) is 53.0 Å². The molecule has 4 bridgehead atoms. The number of nitrogens with zero attached hydrogens (tertiary/aromatic N) is 3. The number of aryl methyl sites for hydroxylation is 1. The number of fused-ring (bicyclic) bond motifs is 6. The number of hydrogen-bond donors (Lipinski definition) is 4. The molecule has 1 aromatic carbocycles. The van der Waals surface area contributed by atoms with Gasteiger partial charge in [0.2, 0.25) is 5.95 Å². The molecule has 1 aromatic heterocycles. The molecular formula is C25H38N6O2S. The molecule has 186 valence electrons. The lowest BCUT2D eigenvalue weighted by Crippen LogP contribution is -2.36. The standard InChI is InChI=1S/C23H32N6O2S.C2H6/c1-16-13-21-26-22(31)19-8-7-18(28-32-12-11-30)14-20(19)29-10-4-6-17(15-29)5-2-3-9-24-23(25-16)27-21;1-2/h7-8,13-14,17,28,30H,2-6,9-12,15H2,1H3,(H2,24,25,26,27,31);1-2H3. The molecule has 1 unspecified atom stereocenters. The van der Waals surface area contributed by atoms with E-state index in [9.17, 15) is 4.79 Å². The van der Waals surface area contributed by atoms with Crippen LogP contribution in [0, 0.1) is 12.8 Å². The van der Waals surface area contributed by atoms with Crippen molar-refractivity contribution < 1.29 is 9.90 Å². The zero-order chi connectivity index (χ0) is 24.3.